The first-order chi connectivity index (χ1) is 13.6. The molecule has 2 amide bonds. The molecule has 2 saturated heterocycles. The number of piperazine rings is 1. The summed E-state index contributed by atoms with van der Waals surface area (Å²) in [6.07, 6.45) is 0.825. The predicted molar refractivity (Wildman–Crippen MR) is 116 cm³/mol. The van der Waals surface area contributed by atoms with Crippen LogP contribution in [0, 0.1) is 0 Å². The van der Waals surface area contributed by atoms with Gasteiger partial charge >= 0.3 is 0 Å². The van der Waals surface area contributed by atoms with Crippen molar-refractivity contribution in [2.75, 3.05) is 37.6 Å². The van der Waals surface area contributed by atoms with Crippen molar-refractivity contribution < 1.29 is 9.59 Å². The molecule has 0 aromatic heterocycles. The molecule has 2 atom stereocenters. The highest BCUT2D eigenvalue weighted by molar-refractivity contribution is 5.99. The third-order valence-electron chi connectivity index (χ3n) is 5.74. The Balaban J connectivity index is 0.00000240. The van der Waals surface area contributed by atoms with Gasteiger partial charge in [0, 0.05) is 38.4 Å². The molecule has 29 heavy (non-hydrogen) atoms. The minimum Gasteiger partial charge on any atom is -0.338 e. The van der Waals surface area contributed by atoms with Crippen LogP contribution in [0.5, 0.6) is 0 Å². The number of rotatable bonds is 4. The molecule has 4 rings (SSSR count). The first-order valence-electron chi connectivity index (χ1n) is 9.85. The molecule has 2 aromatic carbocycles. The van der Waals surface area contributed by atoms with Crippen LogP contribution in [-0.2, 0) is 9.59 Å². The minimum absolute atomic E-state index is 0. The first kappa shape index (κ1) is 21.3. The average Bonchev–Trinajstić information content (AvgIpc) is 3.15. The zero-order chi connectivity index (χ0) is 19.5. The molecule has 0 aliphatic carbocycles. The monoisotopic (exact) mass is 414 g/mol. The number of benzene rings is 2. The van der Waals surface area contributed by atoms with Crippen LogP contribution < -0.4 is 10.6 Å². The van der Waals surface area contributed by atoms with Crippen LogP contribution in [0.3, 0.4) is 0 Å². The second-order valence-electron chi connectivity index (χ2n) is 7.38. The lowest BCUT2D eigenvalue weighted by Gasteiger charge is -2.38. The van der Waals surface area contributed by atoms with Crippen LogP contribution >= 0.6 is 12.4 Å². The van der Waals surface area contributed by atoms with Crippen molar-refractivity contribution in [2.45, 2.75) is 18.5 Å². The maximum absolute atomic E-state index is 12.9. The Labute approximate surface area is 177 Å². The number of anilines is 1. The molecule has 2 heterocycles. The highest BCUT2D eigenvalue weighted by Crippen LogP contribution is 2.25. The van der Waals surface area contributed by atoms with E-state index in [0.717, 1.165) is 24.2 Å². The van der Waals surface area contributed by atoms with E-state index in [-0.39, 0.29) is 30.3 Å². The third kappa shape index (κ3) is 4.45. The van der Waals surface area contributed by atoms with Crippen LogP contribution in [-0.4, -0.2) is 60.4 Å². The van der Waals surface area contributed by atoms with E-state index in [1.54, 1.807) is 0 Å². The van der Waals surface area contributed by atoms with E-state index in [2.05, 4.69) is 4.90 Å². The maximum Gasteiger partial charge on any atom is 0.244 e. The average molecular weight is 415 g/mol. The molecule has 2 aliphatic heterocycles. The summed E-state index contributed by atoms with van der Waals surface area (Å²) in [4.78, 5) is 31.5. The van der Waals surface area contributed by atoms with Crippen molar-refractivity contribution in [3.8, 4) is 0 Å². The van der Waals surface area contributed by atoms with Gasteiger partial charge in [-0.1, -0.05) is 48.5 Å². The molecule has 2 N–H and O–H groups in total. The number of halogens is 1. The van der Waals surface area contributed by atoms with Gasteiger partial charge in [0.1, 0.15) is 6.04 Å². The predicted octanol–water partition coefficient (Wildman–Crippen LogP) is 2.06. The Morgan fingerprint density at radius 3 is 2.10 bits per heavy atom. The summed E-state index contributed by atoms with van der Waals surface area (Å²) in [6, 6.07) is 18.6. The van der Waals surface area contributed by atoms with Crippen molar-refractivity contribution in [1.82, 2.24) is 9.80 Å². The van der Waals surface area contributed by atoms with E-state index in [0.29, 0.717) is 26.2 Å². The Hall–Kier alpha value is -2.41. The zero-order valence-electron chi connectivity index (χ0n) is 16.3. The molecule has 0 bridgehead atoms. The molecular formula is C22H27ClN4O2. The summed E-state index contributed by atoms with van der Waals surface area (Å²) in [5.74, 6) is 0.112. The molecule has 2 aromatic rings. The summed E-state index contributed by atoms with van der Waals surface area (Å²) >= 11 is 0. The van der Waals surface area contributed by atoms with E-state index in [1.807, 2.05) is 70.5 Å². The summed E-state index contributed by atoms with van der Waals surface area (Å²) in [5, 5.41) is 0. The van der Waals surface area contributed by atoms with Gasteiger partial charge in [0.05, 0.1) is 6.04 Å². The van der Waals surface area contributed by atoms with E-state index in [1.165, 1.54) is 0 Å². The molecule has 154 valence electrons. The molecule has 7 heteroatoms. The van der Waals surface area contributed by atoms with Gasteiger partial charge in [-0.05, 0) is 24.1 Å². The van der Waals surface area contributed by atoms with Crippen LogP contribution in [0.1, 0.15) is 18.0 Å². The largest absolute Gasteiger partial charge is 0.338 e. The van der Waals surface area contributed by atoms with E-state index >= 15 is 0 Å². The maximum atomic E-state index is 12.9. The van der Waals surface area contributed by atoms with Gasteiger partial charge < -0.3 is 15.5 Å². The minimum atomic E-state index is -0.630. The lowest BCUT2D eigenvalue weighted by atomic mass is 10.1. The fourth-order valence-corrected chi connectivity index (χ4v) is 4.12. The number of nitrogens with two attached hydrogens (primary N) is 1. The van der Waals surface area contributed by atoms with Gasteiger partial charge in [-0.15, -0.1) is 12.4 Å². The number of para-hydroxylation sites is 1. The van der Waals surface area contributed by atoms with Crippen LogP contribution in [0.2, 0.25) is 0 Å². The summed E-state index contributed by atoms with van der Waals surface area (Å²) in [6.45, 7) is 3.35. The van der Waals surface area contributed by atoms with Crippen LogP contribution in [0.4, 0.5) is 5.69 Å². The lowest BCUT2D eigenvalue weighted by molar-refractivity contribution is -0.135. The second-order valence-corrected chi connectivity index (χ2v) is 7.38. The standard InChI is InChI=1S/C22H26N4O2.ClH/c23-20(17-7-3-1-4-8-17)22(28)25-15-13-24(14-16-25)19-11-12-26(21(19)27)18-9-5-2-6-10-18;/h1-10,19-20H,11-16,23H2;1H. The van der Waals surface area contributed by atoms with Crippen molar-refractivity contribution in [2.24, 2.45) is 5.73 Å². The number of amides is 2. The lowest BCUT2D eigenvalue weighted by Crippen LogP contribution is -2.55. The summed E-state index contributed by atoms with van der Waals surface area (Å²) < 4.78 is 0. The number of hydrogen-bond acceptors (Lipinski definition) is 4. The van der Waals surface area contributed by atoms with E-state index < -0.39 is 6.04 Å². The van der Waals surface area contributed by atoms with Crippen molar-refractivity contribution >= 4 is 29.9 Å². The van der Waals surface area contributed by atoms with Gasteiger partial charge in [-0.25, -0.2) is 0 Å². The smallest absolute Gasteiger partial charge is 0.244 e. The Morgan fingerprint density at radius 2 is 1.48 bits per heavy atom. The van der Waals surface area contributed by atoms with Gasteiger partial charge in [0.25, 0.3) is 0 Å². The number of carbonyl (C=O) groups is 2. The molecule has 0 spiro atoms. The van der Waals surface area contributed by atoms with Crippen molar-refractivity contribution in [3.05, 3.63) is 66.2 Å². The van der Waals surface area contributed by atoms with Crippen molar-refractivity contribution in [1.29, 1.82) is 0 Å². The molecule has 2 unspecified atom stereocenters. The fourth-order valence-electron chi connectivity index (χ4n) is 4.12. The quantitative estimate of drug-likeness (QED) is 0.831. The van der Waals surface area contributed by atoms with E-state index in [9.17, 15) is 9.59 Å². The highest BCUT2D eigenvalue weighted by Gasteiger charge is 2.38. The third-order valence-corrected chi connectivity index (χ3v) is 5.74. The number of carbonyl (C=O) groups excluding carboxylic acids is 2. The van der Waals surface area contributed by atoms with Crippen molar-refractivity contribution in [3.63, 3.8) is 0 Å². The Morgan fingerprint density at radius 1 is 0.897 bits per heavy atom. The molecule has 6 nitrogen and oxygen atoms in total. The summed E-state index contributed by atoms with van der Waals surface area (Å²) in [7, 11) is 0. The van der Waals surface area contributed by atoms with Gasteiger partial charge in [0.15, 0.2) is 0 Å². The highest BCUT2D eigenvalue weighted by atomic mass is 35.5. The molecule has 2 fully saturated rings. The molecule has 2 aliphatic rings. The number of hydrogen-bond donors (Lipinski definition) is 1. The summed E-state index contributed by atoms with van der Waals surface area (Å²) in [5.41, 5.74) is 7.95. The Bertz CT molecular complexity index is 825. The van der Waals surface area contributed by atoms with Crippen LogP contribution in [0.25, 0.3) is 0 Å². The zero-order valence-corrected chi connectivity index (χ0v) is 17.1. The SMILES string of the molecule is Cl.NC(C(=O)N1CCN(C2CCN(c3ccccc3)C2=O)CC1)c1ccccc1. The molecule has 0 radical (unpaired) electrons. The normalized spacial score (nSPS) is 21.0. The molecular weight excluding hydrogens is 388 g/mol. The van der Waals surface area contributed by atoms with Gasteiger partial charge in [0.2, 0.25) is 11.8 Å². The van der Waals surface area contributed by atoms with Gasteiger partial charge in [-0.2, -0.15) is 0 Å². The first-order valence-corrected chi connectivity index (χ1v) is 9.85. The fraction of sp³-hybridized carbons (Fsp3) is 0.364. The molecule has 0 saturated carbocycles. The van der Waals surface area contributed by atoms with Crippen LogP contribution in [0.15, 0.2) is 60.7 Å². The second kappa shape index (κ2) is 9.39. The Kier molecular flexibility index (Phi) is 6.90. The topological polar surface area (TPSA) is 69.9 Å². The van der Waals surface area contributed by atoms with E-state index in [4.69, 9.17) is 5.73 Å². The van der Waals surface area contributed by atoms with Gasteiger partial charge in [-0.3, -0.25) is 14.5 Å². The number of nitrogens with zero attached hydrogens (tertiary/aromatic N) is 3.